The Morgan fingerprint density at radius 1 is 1.23 bits per heavy atom. The summed E-state index contributed by atoms with van der Waals surface area (Å²) in [5.74, 6) is 0.0912. The van der Waals surface area contributed by atoms with E-state index in [4.69, 9.17) is 10.2 Å². The highest BCUT2D eigenvalue weighted by molar-refractivity contribution is 9.10. The van der Waals surface area contributed by atoms with Gasteiger partial charge >= 0.3 is 6.18 Å². The van der Waals surface area contributed by atoms with Crippen LogP contribution in [0.3, 0.4) is 0 Å². The molecule has 0 radical (unpaired) electrons. The summed E-state index contributed by atoms with van der Waals surface area (Å²) in [5, 5.41) is 8.32. The number of anilines is 1. The molecule has 3 aromatic rings. The standard InChI is InChI=1S/C11H5BrF3N5OS/c12-4-1-5(7(16)17-2-4)8-19-20-9(21-8)10-18-6(3-22-10)11(13,14)15/h1-3H,(H2,16,17). The van der Waals surface area contributed by atoms with Crippen molar-refractivity contribution < 1.29 is 17.6 Å². The number of rotatable bonds is 2. The molecule has 3 heterocycles. The molecule has 0 aromatic carbocycles. The number of halogens is 4. The van der Waals surface area contributed by atoms with E-state index in [-0.39, 0.29) is 22.6 Å². The van der Waals surface area contributed by atoms with E-state index in [1.54, 1.807) is 6.07 Å². The number of aromatic nitrogens is 4. The van der Waals surface area contributed by atoms with Crippen LogP contribution in [0, 0.1) is 0 Å². The fourth-order valence-electron chi connectivity index (χ4n) is 1.54. The van der Waals surface area contributed by atoms with E-state index in [1.807, 2.05) is 0 Å². The predicted octanol–water partition coefficient (Wildman–Crippen LogP) is 3.62. The average Bonchev–Trinajstić information content (AvgIpc) is 3.08. The van der Waals surface area contributed by atoms with Gasteiger partial charge in [-0.25, -0.2) is 9.97 Å². The van der Waals surface area contributed by atoms with Gasteiger partial charge in [-0.2, -0.15) is 13.2 Å². The fourth-order valence-corrected chi connectivity index (χ4v) is 2.62. The first-order valence-corrected chi connectivity index (χ1v) is 7.30. The van der Waals surface area contributed by atoms with Gasteiger partial charge in [0, 0.05) is 16.0 Å². The molecular formula is C11H5BrF3N5OS. The highest BCUT2D eigenvalue weighted by Gasteiger charge is 2.34. The molecule has 0 amide bonds. The van der Waals surface area contributed by atoms with Crippen LogP contribution < -0.4 is 5.73 Å². The summed E-state index contributed by atoms with van der Waals surface area (Å²) < 4.78 is 43.6. The van der Waals surface area contributed by atoms with Crippen LogP contribution in [-0.2, 0) is 6.18 Å². The summed E-state index contributed by atoms with van der Waals surface area (Å²) in [4.78, 5) is 7.35. The Labute approximate surface area is 133 Å². The van der Waals surface area contributed by atoms with Crippen molar-refractivity contribution in [2.24, 2.45) is 0 Å². The van der Waals surface area contributed by atoms with Gasteiger partial charge in [0.15, 0.2) is 10.7 Å². The lowest BCUT2D eigenvalue weighted by molar-refractivity contribution is -0.140. The third-order valence-corrected chi connectivity index (χ3v) is 3.78. The Balaban J connectivity index is 1.97. The van der Waals surface area contributed by atoms with Gasteiger partial charge in [-0.05, 0) is 22.0 Å². The minimum Gasteiger partial charge on any atom is -0.414 e. The second kappa shape index (κ2) is 5.32. The molecule has 11 heteroatoms. The normalized spacial score (nSPS) is 11.8. The topological polar surface area (TPSA) is 90.7 Å². The summed E-state index contributed by atoms with van der Waals surface area (Å²) in [7, 11) is 0. The monoisotopic (exact) mass is 391 g/mol. The number of nitrogen functional groups attached to an aromatic ring is 1. The third-order valence-electron chi connectivity index (χ3n) is 2.52. The van der Waals surface area contributed by atoms with E-state index in [0.717, 1.165) is 16.7 Å². The van der Waals surface area contributed by atoms with Crippen molar-refractivity contribution in [2.45, 2.75) is 6.18 Å². The highest BCUT2D eigenvalue weighted by Crippen LogP contribution is 2.34. The maximum atomic E-state index is 12.5. The van der Waals surface area contributed by atoms with Gasteiger partial charge < -0.3 is 10.2 Å². The van der Waals surface area contributed by atoms with Crippen LogP contribution in [0.5, 0.6) is 0 Å². The lowest BCUT2D eigenvalue weighted by Crippen LogP contribution is -2.04. The Hall–Kier alpha value is -2.01. The molecule has 0 unspecified atom stereocenters. The molecule has 3 rings (SSSR count). The van der Waals surface area contributed by atoms with E-state index in [2.05, 4.69) is 36.1 Å². The smallest absolute Gasteiger partial charge is 0.414 e. The molecule has 0 spiro atoms. The maximum absolute atomic E-state index is 12.5. The minimum absolute atomic E-state index is 0.0207. The van der Waals surface area contributed by atoms with Crippen molar-refractivity contribution in [1.29, 1.82) is 0 Å². The number of hydrogen-bond acceptors (Lipinski definition) is 7. The van der Waals surface area contributed by atoms with Gasteiger partial charge in [0.05, 0.1) is 5.56 Å². The Bertz CT molecular complexity index is 831. The second-order valence-corrected chi connectivity index (χ2v) is 5.81. The third kappa shape index (κ3) is 2.81. The largest absolute Gasteiger partial charge is 0.434 e. The quantitative estimate of drug-likeness (QED) is 0.717. The van der Waals surface area contributed by atoms with Crippen molar-refractivity contribution in [1.82, 2.24) is 20.2 Å². The zero-order chi connectivity index (χ0) is 15.9. The zero-order valence-corrected chi connectivity index (χ0v) is 12.8. The highest BCUT2D eigenvalue weighted by atomic mass is 79.9. The van der Waals surface area contributed by atoms with Gasteiger partial charge in [-0.3, -0.25) is 0 Å². The number of alkyl halides is 3. The number of nitrogens with zero attached hydrogens (tertiary/aromatic N) is 4. The molecule has 22 heavy (non-hydrogen) atoms. The van der Waals surface area contributed by atoms with E-state index < -0.39 is 11.9 Å². The number of pyridine rings is 1. The van der Waals surface area contributed by atoms with Crippen LogP contribution in [0.1, 0.15) is 5.69 Å². The Morgan fingerprint density at radius 3 is 2.64 bits per heavy atom. The first-order chi connectivity index (χ1) is 10.3. The lowest BCUT2D eigenvalue weighted by atomic mass is 10.2. The molecule has 0 aliphatic carbocycles. The van der Waals surface area contributed by atoms with E-state index >= 15 is 0 Å². The summed E-state index contributed by atoms with van der Waals surface area (Å²) in [6.07, 6.45) is -3.03. The van der Waals surface area contributed by atoms with Crippen LogP contribution >= 0.6 is 27.3 Å². The zero-order valence-electron chi connectivity index (χ0n) is 10.4. The van der Waals surface area contributed by atoms with Crippen LogP contribution in [-0.4, -0.2) is 20.2 Å². The number of nitrogens with two attached hydrogens (primary N) is 1. The first kappa shape index (κ1) is 14.9. The molecule has 0 aliphatic heterocycles. The summed E-state index contributed by atoms with van der Waals surface area (Å²) >= 11 is 3.99. The molecule has 3 aromatic heterocycles. The van der Waals surface area contributed by atoms with Crippen molar-refractivity contribution in [3.05, 3.63) is 27.8 Å². The van der Waals surface area contributed by atoms with Gasteiger partial charge in [-0.1, -0.05) is 0 Å². The summed E-state index contributed by atoms with van der Waals surface area (Å²) in [6.45, 7) is 0. The van der Waals surface area contributed by atoms with Crippen molar-refractivity contribution in [3.63, 3.8) is 0 Å². The minimum atomic E-state index is -4.52. The molecule has 0 aliphatic rings. The van der Waals surface area contributed by atoms with Crippen molar-refractivity contribution in [2.75, 3.05) is 5.73 Å². The van der Waals surface area contributed by atoms with Crippen LogP contribution in [0.25, 0.3) is 22.4 Å². The SMILES string of the molecule is Nc1ncc(Br)cc1-c1nnc(-c2nc(C(F)(F)F)cs2)o1. The van der Waals surface area contributed by atoms with E-state index in [1.165, 1.54) is 6.20 Å². The van der Waals surface area contributed by atoms with Gasteiger partial charge in [0.25, 0.3) is 11.8 Å². The molecule has 0 saturated carbocycles. The predicted molar refractivity (Wildman–Crippen MR) is 75.8 cm³/mol. The summed E-state index contributed by atoms with van der Waals surface area (Å²) in [6, 6.07) is 1.61. The number of thiazole rings is 1. The Kier molecular flexibility index (Phi) is 3.60. The molecule has 2 N–H and O–H groups in total. The maximum Gasteiger partial charge on any atom is 0.434 e. The summed E-state index contributed by atoms with van der Waals surface area (Å²) in [5.41, 5.74) is 5.08. The van der Waals surface area contributed by atoms with Crippen molar-refractivity contribution >= 4 is 33.1 Å². The number of hydrogen-bond donors (Lipinski definition) is 1. The molecule has 0 bridgehead atoms. The van der Waals surface area contributed by atoms with Gasteiger partial charge in [-0.15, -0.1) is 21.5 Å². The molecule has 114 valence electrons. The van der Waals surface area contributed by atoms with Gasteiger partial charge in [0.2, 0.25) is 0 Å². The van der Waals surface area contributed by atoms with Crippen LogP contribution in [0.4, 0.5) is 19.0 Å². The van der Waals surface area contributed by atoms with Crippen LogP contribution in [0.15, 0.2) is 26.5 Å². The molecule has 6 nitrogen and oxygen atoms in total. The van der Waals surface area contributed by atoms with E-state index in [9.17, 15) is 13.2 Å². The fraction of sp³-hybridized carbons (Fsp3) is 0.0909. The Morgan fingerprint density at radius 2 is 1.95 bits per heavy atom. The molecule has 0 saturated heterocycles. The lowest BCUT2D eigenvalue weighted by Gasteiger charge is -2.00. The average molecular weight is 392 g/mol. The van der Waals surface area contributed by atoms with E-state index in [0.29, 0.717) is 10.0 Å². The van der Waals surface area contributed by atoms with Gasteiger partial charge in [0.1, 0.15) is 5.82 Å². The van der Waals surface area contributed by atoms with Crippen LogP contribution in [0.2, 0.25) is 0 Å². The molecule has 0 fully saturated rings. The molecular weight excluding hydrogens is 387 g/mol. The second-order valence-electron chi connectivity index (χ2n) is 4.03. The first-order valence-electron chi connectivity index (χ1n) is 5.62. The van der Waals surface area contributed by atoms with Crippen molar-refractivity contribution in [3.8, 4) is 22.4 Å². The molecule has 0 atom stereocenters.